The van der Waals surface area contributed by atoms with E-state index >= 15 is 0 Å². The van der Waals surface area contributed by atoms with E-state index in [0.717, 1.165) is 11.5 Å². The predicted molar refractivity (Wildman–Crippen MR) is 154 cm³/mol. The number of aryl methyl sites for hydroxylation is 8. The van der Waals surface area contributed by atoms with Crippen LogP contribution in [-0.4, -0.2) is 0 Å². The van der Waals surface area contributed by atoms with Crippen LogP contribution in [0, 0.1) is 96.9 Å². The van der Waals surface area contributed by atoms with E-state index in [1.807, 2.05) is 0 Å². The van der Waals surface area contributed by atoms with Crippen LogP contribution in [0.4, 0.5) is 0 Å². The number of benzene rings is 4. The highest BCUT2D eigenvalue weighted by Gasteiger charge is 2.23. The van der Waals surface area contributed by atoms with Crippen LogP contribution < -0.4 is 4.74 Å². The van der Waals surface area contributed by atoms with Crippen molar-refractivity contribution in [2.24, 2.45) is 0 Å². The maximum absolute atomic E-state index is 7.01. The fourth-order valence-electron chi connectivity index (χ4n) is 6.41. The Morgan fingerprint density at radius 3 is 0.686 bits per heavy atom. The summed E-state index contributed by atoms with van der Waals surface area (Å²) < 4.78 is 7.01. The monoisotopic (exact) mass is 466 g/mol. The minimum Gasteiger partial charge on any atom is -0.456 e. The number of hydrogen-bond donors (Lipinski definition) is 0. The molecule has 0 unspecified atom stereocenters. The van der Waals surface area contributed by atoms with E-state index in [9.17, 15) is 0 Å². The first-order valence-corrected chi connectivity index (χ1v) is 12.9. The molecule has 4 rings (SSSR count). The van der Waals surface area contributed by atoms with Gasteiger partial charge >= 0.3 is 0 Å². The zero-order chi connectivity index (χ0) is 26.3. The molecule has 35 heavy (non-hydrogen) atoms. The number of fused-ring (bicyclic) bond motifs is 2. The summed E-state index contributed by atoms with van der Waals surface area (Å²) in [7, 11) is 0. The fraction of sp³-hybridized carbons (Fsp3) is 0.412. The second kappa shape index (κ2) is 8.40. The lowest BCUT2D eigenvalue weighted by molar-refractivity contribution is 0.469. The van der Waals surface area contributed by atoms with Crippen LogP contribution in [0.25, 0.3) is 21.5 Å². The van der Waals surface area contributed by atoms with Crippen molar-refractivity contribution >= 4 is 21.5 Å². The van der Waals surface area contributed by atoms with Gasteiger partial charge in [0.2, 0.25) is 0 Å². The lowest BCUT2D eigenvalue weighted by Gasteiger charge is -2.26. The summed E-state index contributed by atoms with van der Waals surface area (Å²) >= 11 is 0. The molecule has 0 aromatic heterocycles. The highest BCUT2D eigenvalue weighted by atomic mass is 16.5. The third-order valence-corrected chi connectivity index (χ3v) is 9.57. The number of hydrogen-bond acceptors (Lipinski definition) is 1. The van der Waals surface area contributed by atoms with Gasteiger partial charge in [-0.25, -0.2) is 0 Å². The topological polar surface area (TPSA) is 9.23 Å². The van der Waals surface area contributed by atoms with Crippen molar-refractivity contribution in [1.29, 1.82) is 0 Å². The molecule has 0 saturated heterocycles. The molecule has 0 heterocycles. The van der Waals surface area contributed by atoms with Gasteiger partial charge < -0.3 is 4.74 Å². The van der Waals surface area contributed by atoms with E-state index in [1.54, 1.807) is 0 Å². The molecule has 1 nitrogen and oxygen atoms in total. The Bertz CT molecular complexity index is 1460. The summed E-state index contributed by atoms with van der Waals surface area (Å²) in [5.41, 5.74) is 18.7. The van der Waals surface area contributed by atoms with Gasteiger partial charge in [-0.3, -0.25) is 0 Å². The lowest BCUT2D eigenvalue weighted by Crippen LogP contribution is -2.05. The van der Waals surface area contributed by atoms with Crippen molar-refractivity contribution < 1.29 is 4.74 Å². The van der Waals surface area contributed by atoms with E-state index < -0.39 is 0 Å². The van der Waals surface area contributed by atoms with Gasteiger partial charge in [-0.1, -0.05) is 0 Å². The molecule has 0 N–H and O–H groups in total. The normalized spacial score (nSPS) is 11.7. The minimum absolute atomic E-state index is 1.02. The molecule has 4 aromatic carbocycles. The Morgan fingerprint density at radius 1 is 0.229 bits per heavy atom. The number of ether oxygens (including phenoxy) is 1. The molecule has 0 aliphatic rings. The maximum Gasteiger partial charge on any atom is 0.134 e. The van der Waals surface area contributed by atoms with Crippen LogP contribution in [0.3, 0.4) is 0 Å². The predicted octanol–water partition coefficient (Wildman–Crippen LogP) is 10.1. The Hall–Kier alpha value is -2.80. The smallest absolute Gasteiger partial charge is 0.134 e. The molecule has 0 aliphatic carbocycles. The summed E-state index contributed by atoms with van der Waals surface area (Å²) in [6.07, 6.45) is 0. The van der Waals surface area contributed by atoms with Crippen molar-refractivity contribution in [2.45, 2.75) is 96.9 Å². The van der Waals surface area contributed by atoms with Crippen molar-refractivity contribution in [3.63, 3.8) is 0 Å². The summed E-state index contributed by atoms with van der Waals surface area (Å²) in [6, 6.07) is 0. The second-order valence-electron chi connectivity index (χ2n) is 11.0. The van der Waals surface area contributed by atoms with Crippen molar-refractivity contribution in [2.75, 3.05) is 0 Å². The first kappa shape index (κ1) is 25.3. The molecule has 184 valence electrons. The van der Waals surface area contributed by atoms with Gasteiger partial charge in [-0.15, -0.1) is 0 Å². The summed E-state index contributed by atoms with van der Waals surface area (Å²) in [5, 5.41) is 5.51. The van der Waals surface area contributed by atoms with E-state index in [-0.39, 0.29) is 0 Å². The van der Waals surface area contributed by atoms with E-state index in [4.69, 9.17) is 4.74 Å². The van der Waals surface area contributed by atoms with Crippen molar-refractivity contribution in [1.82, 2.24) is 0 Å². The van der Waals surface area contributed by atoms with Gasteiger partial charge in [0.15, 0.2) is 0 Å². The van der Waals surface area contributed by atoms with E-state index in [0.29, 0.717) is 0 Å². The zero-order valence-corrected chi connectivity index (χ0v) is 24.4. The van der Waals surface area contributed by atoms with Gasteiger partial charge in [-0.2, -0.15) is 0 Å². The molecular weight excluding hydrogens is 424 g/mol. The average Bonchev–Trinajstić information content (AvgIpc) is 2.82. The first-order chi connectivity index (χ1) is 16.2. The first-order valence-electron chi connectivity index (χ1n) is 12.9. The van der Waals surface area contributed by atoms with Crippen LogP contribution in [0.5, 0.6) is 11.5 Å². The molecule has 0 amide bonds. The second-order valence-corrected chi connectivity index (χ2v) is 11.0. The summed E-state index contributed by atoms with van der Waals surface area (Å²) in [4.78, 5) is 0. The molecule has 0 radical (unpaired) electrons. The van der Waals surface area contributed by atoms with E-state index in [1.165, 1.54) is 99.4 Å². The molecule has 0 fully saturated rings. The SMILES string of the molecule is Cc1c(C)c(C)c2c(C)c(Oc3c(C)c(C)c4c(C)c(C)c(C)c(C)c4c3C)c(C)c(C)c2c1C. The Labute approximate surface area is 212 Å². The van der Waals surface area contributed by atoms with Crippen LogP contribution in [0.2, 0.25) is 0 Å². The van der Waals surface area contributed by atoms with Crippen molar-refractivity contribution in [3.8, 4) is 11.5 Å². The molecule has 0 saturated carbocycles. The molecule has 0 spiro atoms. The van der Waals surface area contributed by atoms with Crippen LogP contribution in [0.1, 0.15) is 77.9 Å². The highest BCUT2D eigenvalue weighted by molar-refractivity contribution is 6.00. The number of rotatable bonds is 2. The molecule has 0 atom stereocenters. The Morgan fingerprint density at radius 2 is 0.429 bits per heavy atom. The molecule has 1 heteroatoms. The highest BCUT2D eigenvalue weighted by Crippen LogP contribution is 2.46. The van der Waals surface area contributed by atoms with Crippen molar-refractivity contribution in [3.05, 3.63) is 77.9 Å². The third-order valence-electron chi connectivity index (χ3n) is 9.57. The Balaban J connectivity index is 2.10. The van der Waals surface area contributed by atoms with E-state index in [2.05, 4.69) is 96.9 Å². The van der Waals surface area contributed by atoms with Crippen LogP contribution >= 0.6 is 0 Å². The molecule has 4 aromatic rings. The molecular formula is C34H42O. The third kappa shape index (κ3) is 3.34. The lowest BCUT2D eigenvalue weighted by atomic mass is 9.84. The summed E-state index contributed by atoms with van der Waals surface area (Å²) in [6.45, 7) is 31.5. The standard InChI is InChI=1S/C34H42O/c1-15-17(3)21(7)31-27(13)33(25(11)23(9)29(31)19(15)5)35-34-26(12)24(10)30-20(6)16(2)18(4)22(8)32(30)28(34)14/h1-14H3. The average molecular weight is 467 g/mol. The van der Waals surface area contributed by atoms with Gasteiger partial charge in [-0.05, 0) is 185 Å². The van der Waals surface area contributed by atoms with Gasteiger partial charge in [0.05, 0.1) is 0 Å². The van der Waals surface area contributed by atoms with Gasteiger partial charge in [0.25, 0.3) is 0 Å². The van der Waals surface area contributed by atoms with Gasteiger partial charge in [0.1, 0.15) is 11.5 Å². The van der Waals surface area contributed by atoms with Crippen LogP contribution in [-0.2, 0) is 0 Å². The maximum atomic E-state index is 7.01. The molecule has 0 bridgehead atoms. The van der Waals surface area contributed by atoms with Gasteiger partial charge in [0, 0.05) is 11.1 Å². The van der Waals surface area contributed by atoms with Crippen LogP contribution in [0.15, 0.2) is 0 Å². The fourth-order valence-corrected chi connectivity index (χ4v) is 6.41. The summed E-state index contributed by atoms with van der Waals surface area (Å²) in [5.74, 6) is 2.04. The quantitative estimate of drug-likeness (QED) is 0.285. The largest absolute Gasteiger partial charge is 0.456 e. The zero-order valence-electron chi connectivity index (χ0n) is 24.4. The Kier molecular flexibility index (Phi) is 6.07. The minimum atomic E-state index is 1.02. The molecule has 0 aliphatic heterocycles.